The third-order valence-electron chi connectivity index (χ3n) is 9.35. The van der Waals surface area contributed by atoms with Crippen LogP contribution < -0.4 is 9.47 Å². The van der Waals surface area contributed by atoms with E-state index in [4.69, 9.17) is 14.6 Å². The Balaban J connectivity index is 1.45. The van der Waals surface area contributed by atoms with E-state index in [1.54, 1.807) is 0 Å². The zero-order valence-electron chi connectivity index (χ0n) is 28.7. The summed E-state index contributed by atoms with van der Waals surface area (Å²) in [5, 5.41) is 8.91. The minimum Gasteiger partial charge on any atom is -0.487 e. The Morgan fingerprint density at radius 1 is 0.860 bits per heavy atom. The van der Waals surface area contributed by atoms with Gasteiger partial charge in [-0.15, -0.1) is 0 Å². The highest BCUT2D eigenvalue weighted by Gasteiger charge is 2.35. The first kappa shape index (κ1) is 35.4. The second kappa shape index (κ2) is 18.7. The van der Waals surface area contributed by atoms with Crippen molar-refractivity contribution >= 4 is 0 Å². The zero-order valence-corrected chi connectivity index (χ0v) is 28.7. The maximum absolute atomic E-state index is 8.91. The highest BCUT2D eigenvalue weighted by molar-refractivity contribution is 5.55. The lowest BCUT2D eigenvalue weighted by molar-refractivity contribution is 0.0524. The van der Waals surface area contributed by atoms with Gasteiger partial charge in [-0.3, -0.25) is 4.90 Å². The van der Waals surface area contributed by atoms with E-state index < -0.39 is 0 Å². The van der Waals surface area contributed by atoms with Crippen molar-refractivity contribution in [1.29, 1.82) is 0 Å². The zero-order chi connectivity index (χ0) is 31.1. The molecule has 0 saturated carbocycles. The average molecular weight is 594 g/mol. The molecule has 0 fully saturated rings. The molecule has 2 heterocycles. The van der Waals surface area contributed by atoms with E-state index >= 15 is 0 Å². The molecule has 0 aliphatic carbocycles. The number of hydrogen-bond acceptors (Lipinski definition) is 4. The highest BCUT2D eigenvalue weighted by Crippen LogP contribution is 2.44. The van der Waals surface area contributed by atoms with Crippen molar-refractivity contribution in [3.05, 3.63) is 57.7 Å². The van der Waals surface area contributed by atoms with Crippen molar-refractivity contribution < 1.29 is 14.6 Å². The third-order valence-corrected chi connectivity index (χ3v) is 9.35. The van der Waals surface area contributed by atoms with E-state index in [9.17, 15) is 0 Å². The van der Waals surface area contributed by atoms with Crippen molar-refractivity contribution in [3.8, 4) is 11.5 Å². The quantitative estimate of drug-likeness (QED) is 0.128. The maximum atomic E-state index is 8.91. The van der Waals surface area contributed by atoms with Crippen molar-refractivity contribution in [1.82, 2.24) is 4.90 Å². The number of nitrogens with zero attached hydrogens (tertiary/aromatic N) is 1. The molecule has 1 aromatic rings. The second-order valence-corrected chi connectivity index (χ2v) is 13.9. The van der Waals surface area contributed by atoms with E-state index in [-0.39, 0.29) is 5.60 Å². The smallest absolute Gasteiger partial charge is 0.142 e. The van der Waals surface area contributed by atoms with E-state index in [0.29, 0.717) is 13.3 Å². The van der Waals surface area contributed by atoms with E-state index in [1.165, 1.54) is 84.8 Å². The van der Waals surface area contributed by atoms with Gasteiger partial charge in [0.1, 0.15) is 23.8 Å². The summed E-state index contributed by atoms with van der Waals surface area (Å²) >= 11 is 0. The molecular weight excluding hydrogens is 530 g/mol. The Bertz CT molecular complexity index is 1080. The van der Waals surface area contributed by atoms with E-state index in [2.05, 4.69) is 70.7 Å². The Morgan fingerprint density at radius 3 is 2.16 bits per heavy atom. The molecule has 0 spiro atoms. The molecule has 0 unspecified atom stereocenters. The number of aliphatic hydroxyl groups is 1. The van der Waals surface area contributed by atoms with Crippen LogP contribution in [0.25, 0.3) is 0 Å². The molecule has 0 amide bonds. The van der Waals surface area contributed by atoms with E-state index in [0.717, 1.165) is 76.0 Å². The molecule has 1 aromatic carbocycles. The average Bonchev–Trinajstić information content (AvgIpc) is 2.96. The molecule has 0 radical (unpaired) electrons. The predicted octanol–water partition coefficient (Wildman–Crippen LogP) is 10.5. The first-order chi connectivity index (χ1) is 20.7. The minimum absolute atomic E-state index is 0.114. The summed E-state index contributed by atoms with van der Waals surface area (Å²) in [6, 6.07) is 2.22. The van der Waals surface area contributed by atoms with Gasteiger partial charge in [-0.1, -0.05) is 73.5 Å². The first-order valence-corrected chi connectivity index (χ1v) is 17.5. The molecule has 2 aliphatic rings. The van der Waals surface area contributed by atoms with Crippen LogP contribution in [0.5, 0.6) is 11.5 Å². The Hall–Kier alpha value is -2.04. The number of aliphatic hydroxyl groups excluding tert-OH is 1. The van der Waals surface area contributed by atoms with Gasteiger partial charge in [0.25, 0.3) is 0 Å². The van der Waals surface area contributed by atoms with Gasteiger partial charge in [0.2, 0.25) is 0 Å². The summed E-state index contributed by atoms with van der Waals surface area (Å²) in [5.74, 6) is 2.19. The molecule has 2 aliphatic heterocycles. The summed E-state index contributed by atoms with van der Waals surface area (Å²) in [6.07, 6.45) is 25.9. The number of rotatable bonds is 19. The monoisotopic (exact) mass is 593 g/mol. The first-order valence-electron chi connectivity index (χ1n) is 17.5. The van der Waals surface area contributed by atoms with Crippen LogP contribution in [-0.4, -0.2) is 35.5 Å². The Kier molecular flexibility index (Phi) is 15.4. The van der Waals surface area contributed by atoms with Crippen LogP contribution in [0.4, 0.5) is 0 Å². The Morgan fingerprint density at radius 2 is 1.49 bits per heavy atom. The molecular formula is C39H63NO3. The van der Waals surface area contributed by atoms with Crippen molar-refractivity contribution in [2.45, 2.75) is 156 Å². The lowest BCUT2D eigenvalue weighted by Crippen LogP contribution is -2.38. The van der Waals surface area contributed by atoms with Crippen LogP contribution in [-0.2, 0) is 13.0 Å². The molecule has 4 heteroatoms. The largest absolute Gasteiger partial charge is 0.487 e. The lowest BCUT2D eigenvalue weighted by atomic mass is 9.85. The van der Waals surface area contributed by atoms with Crippen LogP contribution in [0.3, 0.4) is 0 Å². The van der Waals surface area contributed by atoms with Crippen molar-refractivity contribution in [2.75, 3.05) is 19.9 Å². The number of ether oxygens (including phenoxy) is 2. The second-order valence-electron chi connectivity index (χ2n) is 13.9. The molecule has 1 atom stereocenters. The molecule has 0 aromatic heterocycles. The molecule has 43 heavy (non-hydrogen) atoms. The van der Waals surface area contributed by atoms with Crippen LogP contribution >= 0.6 is 0 Å². The third kappa shape index (κ3) is 12.5. The van der Waals surface area contributed by atoms with Gasteiger partial charge in [0, 0.05) is 30.8 Å². The molecule has 0 saturated heterocycles. The van der Waals surface area contributed by atoms with Gasteiger partial charge in [-0.05, 0) is 117 Å². The number of allylic oxidation sites excluding steroid dienone is 6. The molecule has 3 rings (SSSR count). The lowest BCUT2D eigenvalue weighted by Gasteiger charge is -2.39. The number of unbranched alkanes of at least 4 members (excludes halogenated alkanes) is 7. The van der Waals surface area contributed by atoms with Crippen molar-refractivity contribution in [3.63, 3.8) is 0 Å². The van der Waals surface area contributed by atoms with Gasteiger partial charge in [-0.25, -0.2) is 0 Å². The maximum Gasteiger partial charge on any atom is 0.142 e. The van der Waals surface area contributed by atoms with Crippen molar-refractivity contribution in [2.24, 2.45) is 0 Å². The van der Waals surface area contributed by atoms with Crippen LogP contribution in [0.15, 0.2) is 41.0 Å². The molecule has 0 bridgehead atoms. The fourth-order valence-electron chi connectivity index (χ4n) is 6.49. The number of aryl methyl sites for hydroxylation is 1. The fraction of sp³-hybridized carbons (Fsp3) is 0.692. The van der Waals surface area contributed by atoms with Gasteiger partial charge in [0.15, 0.2) is 0 Å². The topological polar surface area (TPSA) is 41.9 Å². The van der Waals surface area contributed by atoms with Crippen LogP contribution in [0, 0.1) is 6.92 Å². The molecule has 1 N–H and O–H groups in total. The summed E-state index contributed by atoms with van der Waals surface area (Å²) in [6.45, 7) is 16.5. The summed E-state index contributed by atoms with van der Waals surface area (Å²) in [7, 11) is 0. The number of hydrogen-bond donors (Lipinski definition) is 1. The summed E-state index contributed by atoms with van der Waals surface area (Å²) in [4.78, 5) is 2.47. The molecule has 4 nitrogen and oxygen atoms in total. The van der Waals surface area contributed by atoms with Crippen LogP contribution in [0.2, 0.25) is 0 Å². The summed E-state index contributed by atoms with van der Waals surface area (Å²) < 4.78 is 13.1. The minimum atomic E-state index is -0.114. The predicted molar refractivity (Wildman–Crippen MR) is 183 cm³/mol. The Labute approximate surface area is 264 Å². The van der Waals surface area contributed by atoms with Gasteiger partial charge in [-0.2, -0.15) is 0 Å². The highest BCUT2D eigenvalue weighted by atomic mass is 16.5. The standard InChI is InChI=1S/C39H63NO3/c1-31(2)18-15-19-32(3)20-16-21-33(4)22-17-24-39(6)25-23-35-36-29-40(26-13-11-9-7-8-10-12-14-27-41)30-42-37(36)28-34(5)38(35)43-39/h18,20,22,28,41H,7-17,19,21,23-27,29-30H2,1-6H3/b32-20+,33-22+/t39-/m1/s1. The summed E-state index contributed by atoms with van der Waals surface area (Å²) in [5.41, 5.74) is 8.26. The van der Waals surface area contributed by atoms with Gasteiger partial charge < -0.3 is 14.6 Å². The van der Waals surface area contributed by atoms with Gasteiger partial charge >= 0.3 is 0 Å². The fourth-order valence-corrected chi connectivity index (χ4v) is 6.49. The van der Waals surface area contributed by atoms with Crippen LogP contribution in [0.1, 0.15) is 148 Å². The SMILES string of the molecule is CC(C)=CCC/C(C)=C/CC/C(C)=C/CC[C@]1(C)CCc2c3c(cc(C)c2O1)OCN(CCCCCCCCCCO)C3. The van der Waals surface area contributed by atoms with Gasteiger partial charge in [0.05, 0.1) is 0 Å². The normalized spacial score (nSPS) is 19.0. The number of benzene rings is 1. The van der Waals surface area contributed by atoms with E-state index in [1.807, 2.05) is 0 Å². The number of fused-ring (bicyclic) bond motifs is 3. The molecule has 242 valence electrons.